The molecular weight excluding hydrogens is 365 g/mol. The third-order valence-corrected chi connectivity index (χ3v) is 5.22. The fourth-order valence-electron chi connectivity index (χ4n) is 2.03. The van der Waals surface area contributed by atoms with Gasteiger partial charge in [-0.2, -0.15) is 0 Å². The first-order valence-corrected chi connectivity index (χ1v) is 9.25. The number of halogens is 2. The molecule has 2 rings (SSSR count). The minimum Gasteiger partial charge on any atom is -0.326 e. The lowest BCUT2D eigenvalue weighted by Gasteiger charge is -2.07. The Morgan fingerprint density at radius 1 is 1.04 bits per heavy atom. The maximum atomic E-state index is 12.3. The molecular formula is C18H17Cl2NO2S. The zero-order valence-corrected chi connectivity index (χ0v) is 15.5. The Labute approximate surface area is 155 Å². The Hall–Kier alpha value is -1.49. The van der Waals surface area contributed by atoms with Gasteiger partial charge in [-0.15, -0.1) is 11.8 Å². The van der Waals surface area contributed by atoms with Crippen molar-refractivity contribution in [2.75, 3.05) is 11.1 Å². The number of carbonyl (C=O) groups excluding carboxylic acids is 2. The van der Waals surface area contributed by atoms with Crippen molar-refractivity contribution in [2.45, 2.75) is 24.7 Å². The van der Waals surface area contributed by atoms with Gasteiger partial charge >= 0.3 is 0 Å². The third-order valence-electron chi connectivity index (χ3n) is 3.23. The van der Waals surface area contributed by atoms with E-state index in [0.717, 1.165) is 6.42 Å². The molecule has 126 valence electrons. The van der Waals surface area contributed by atoms with Gasteiger partial charge in [-0.05, 0) is 42.8 Å². The van der Waals surface area contributed by atoms with Crippen molar-refractivity contribution in [3.63, 3.8) is 0 Å². The molecule has 0 unspecified atom stereocenters. The number of nitrogens with one attached hydrogen (secondary N) is 1. The number of ketones is 1. The van der Waals surface area contributed by atoms with E-state index < -0.39 is 0 Å². The third kappa shape index (κ3) is 5.26. The van der Waals surface area contributed by atoms with Gasteiger partial charge in [0.25, 0.3) is 0 Å². The van der Waals surface area contributed by atoms with Gasteiger partial charge in [-0.1, -0.05) is 36.2 Å². The fraction of sp³-hybridized carbons (Fsp3) is 0.222. The van der Waals surface area contributed by atoms with Crippen LogP contribution in [0.2, 0.25) is 10.0 Å². The summed E-state index contributed by atoms with van der Waals surface area (Å²) in [5.41, 5.74) is 1.27. The van der Waals surface area contributed by atoms with Gasteiger partial charge in [0.15, 0.2) is 5.78 Å². The summed E-state index contributed by atoms with van der Waals surface area (Å²) in [6, 6.07) is 12.1. The van der Waals surface area contributed by atoms with Crippen LogP contribution < -0.4 is 5.32 Å². The molecule has 3 nitrogen and oxygen atoms in total. The molecule has 0 aromatic heterocycles. The van der Waals surface area contributed by atoms with E-state index in [1.165, 1.54) is 11.8 Å². The first-order valence-electron chi connectivity index (χ1n) is 7.51. The molecule has 2 aromatic rings. The number of amides is 1. The maximum absolute atomic E-state index is 12.3. The van der Waals surface area contributed by atoms with Gasteiger partial charge in [0, 0.05) is 22.6 Å². The Kier molecular flexibility index (Phi) is 7.16. The predicted octanol–water partition coefficient (Wildman–Crippen LogP) is 5.71. The molecule has 0 aliphatic carbocycles. The summed E-state index contributed by atoms with van der Waals surface area (Å²) in [6.45, 7) is 1.95. The van der Waals surface area contributed by atoms with Gasteiger partial charge in [-0.3, -0.25) is 9.59 Å². The van der Waals surface area contributed by atoms with Crippen LogP contribution in [0.25, 0.3) is 0 Å². The summed E-state index contributed by atoms with van der Waals surface area (Å²) in [6.07, 6.45) is 1.28. The Balaban J connectivity index is 1.96. The molecule has 0 fully saturated rings. The molecule has 6 heteroatoms. The van der Waals surface area contributed by atoms with Crippen molar-refractivity contribution in [1.29, 1.82) is 0 Å². The van der Waals surface area contributed by atoms with Crippen LogP contribution >= 0.6 is 35.0 Å². The second kappa shape index (κ2) is 9.11. The summed E-state index contributed by atoms with van der Waals surface area (Å²) >= 11 is 13.5. The van der Waals surface area contributed by atoms with E-state index in [9.17, 15) is 9.59 Å². The number of thioether (sulfide) groups is 1. The molecule has 0 radical (unpaired) electrons. The average Bonchev–Trinajstić information content (AvgIpc) is 2.55. The van der Waals surface area contributed by atoms with E-state index in [1.54, 1.807) is 42.5 Å². The molecule has 0 bridgehead atoms. The quantitative estimate of drug-likeness (QED) is 0.493. The van der Waals surface area contributed by atoms with Gasteiger partial charge in [0.2, 0.25) is 5.91 Å². The molecule has 0 aliphatic heterocycles. The Bertz CT molecular complexity index is 712. The van der Waals surface area contributed by atoms with Crippen LogP contribution in [0.3, 0.4) is 0 Å². The fourth-order valence-corrected chi connectivity index (χ4v) is 3.61. The summed E-state index contributed by atoms with van der Waals surface area (Å²) < 4.78 is 0. The molecule has 0 aliphatic rings. The van der Waals surface area contributed by atoms with Crippen LogP contribution in [-0.4, -0.2) is 17.4 Å². The van der Waals surface area contributed by atoms with Crippen LogP contribution in [-0.2, 0) is 4.79 Å². The highest BCUT2D eigenvalue weighted by Crippen LogP contribution is 2.34. The maximum Gasteiger partial charge on any atom is 0.224 e. The van der Waals surface area contributed by atoms with Crippen LogP contribution in [0.5, 0.6) is 0 Å². The van der Waals surface area contributed by atoms with E-state index in [4.69, 9.17) is 23.2 Å². The lowest BCUT2D eigenvalue weighted by molar-refractivity contribution is -0.116. The monoisotopic (exact) mass is 381 g/mol. The highest BCUT2D eigenvalue weighted by molar-refractivity contribution is 8.00. The van der Waals surface area contributed by atoms with Crippen molar-refractivity contribution >= 4 is 52.3 Å². The van der Waals surface area contributed by atoms with Crippen LogP contribution in [0.1, 0.15) is 30.1 Å². The number of carbonyl (C=O) groups is 2. The normalized spacial score (nSPS) is 10.5. The Morgan fingerprint density at radius 2 is 1.67 bits per heavy atom. The molecule has 2 aromatic carbocycles. The SMILES string of the molecule is CCCC(=O)Nc1ccc(C(=O)CSc2c(Cl)cccc2Cl)cc1. The van der Waals surface area contributed by atoms with Crippen LogP contribution in [0.4, 0.5) is 5.69 Å². The van der Waals surface area contributed by atoms with E-state index in [-0.39, 0.29) is 17.4 Å². The van der Waals surface area contributed by atoms with Gasteiger partial charge in [-0.25, -0.2) is 0 Å². The lowest BCUT2D eigenvalue weighted by atomic mass is 10.1. The van der Waals surface area contributed by atoms with E-state index in [0.29, 0.717) is 32.6 Å². The first-order chi connectivity index (χ1) is 11.5. The predicted molar refractivity (Wildman–Crippen MR) is 101 cm³/mol. The van der Waals surface area contributed by atoms with E-state index in [2.05, 4.69) is 5.32 Å². The van der Waals surface area contributed by atoms with Gasteiger partial charge in [0.05, 0.1) is 15.8 Å². The molecule has 0 saturated carbocycles. The topological polar surface area (TPSA) is 46.2 Å². The number of benzene rings is 2. The molecule has 0 heterocycles. The second-order valence-corrected chi connectivity index (χ2v) is 6.94. The lowest BCUT2D eigenvalue weighted by Crippen LogP contribution is -2.10. The summed E-state index contributed by atoms with van der Waals surface area (Å²) in [7, 11) is 0. The van der Waals surface area contributed by atoms with Crippen molar-refractivity contribution < 1.29 is 9.59 Å². The van der Waals surface area contributed by atoms with E-state index >= 15 is 0 Å². The zero-order valence-electron chi connectivity index (χ0n) is 13.1. The van der Waals surface area contributed by atoms with Crippen LogP contribution in [0.15, 0.2) is 47.4 Å². The zero-order chi connectivity index (χ0) is 17.5. The largest absolute Gasteiger partial charge is 0.326 e. The molecule has 0 spiro atoms. The van der Waals surface area contributed by atoms with Crippen molar-refractivity contribution in [1.82, 2.24) is 0 Å². The molecule has 0 saturated heterocycles. The van der Waals surface area contributed by atoms with Crippen molar-refractivity contribution in [3.8, 4) is 0 Å². The second-order valence-electron chi connectivity index (χ2n) is 5.14. The average molecular weight is 382 g/mol. The summed E-state index contributed by atoms with van der Waals surface area (Å²) in [4.78, 5) is 24.5. The Morgan fingerprint density at radius 3 is 2.25 bits per heavy atom. The summed E-state index contributed by atoms with van der Waals surface area (Å²) in [5, 5.41) is 3.86. The number of hydrogen-bond acceptors (Lipinski definition) is 3. The van der Waals surface area contributed by atoms with Crippen molar-refractivity contribution in [3.05, 3.63) is 58.1 Å². The standard InChI is InChI=1S/C18H17Cl2NO2S/c1-2-4-17(23)21-13-9-7-12(8-10-13)16(22)11-24-18-14(19)5-3-6-15(18)20/h3,5-10H,2,4,11H2,1H3,(H,21,23). The molecule has 24 heavy (non-hydrogen) atoms. The number of hydrogen-bond donors (Lipinski definition) is 1. The summed E-state index contributed by atoms with van der Waals surface area (Å²) in [5.74, 6) is 0.188. The number of rotatable bonds is 7. The first kappa shape index (κ1) is 18.8. The highest BCUT2D eigenvalue weighted by Gasteiger charge is 2.11. The van der Waals surface area contributed by atoms with Gasteiger partial charge < -0.3 is 5.32 Å². The minimum absolute atomic E-state index is 0.0255. The number of Topliss-reactive ketones (excluding diaryl/α,β-unsaturated/α-hetero) is 1. The molecule has 1 N–H and O–H groups in total. The smallest absolute Gasteiger partial charge is 0.224 e. The van der Waals surface area contributed by atoms with Crippen LogP contribution in [0, 0.1) is 0 Å². The molecule has 1 amide bonds. The highest BCUT2D eigenvalue weighted by atomic mass is 35.5. The molecule has 0 atom stereocenters. The van der Waals surface area contributed by atoms with Crippen molar-refractivity contribution in [2.24, 2.45) is 0 Å². The van der Waals surface area contributed by atoms with Gasteiger partial charge in [0.1, 0.15) is 0 Å². The number of anilines is 1. The van der Waals surface area contributed by atoms with E-state index in [1.807, 2.05) is 6.92 Å². The minimum atomic E-state index is -0.0273.